The number of unbranched alkanes of at least 4 members (excludes halogenated alkanes) is 1. The minimum Gasteiger partial charge on any atom is -0.0683 e. The van der Waals surface area contributed by atoms with Crippen LogP contribution in [0.15, 0.2) is 0 Å². The zero-order valence-corrected chi connectivity index (χ0v) is 12.5. The largest absolute Gasteiger partial charge is 0.0683 e. The Hall–Kier alpha value is 0. The fraction of sp³-hybridized carbons (Fsp3) is 1.00. The molecular weight excluding hydrogens is 180 g/mol. The van der Waals surface area contributed by atoms with Crippen LogP contribution in [-0.2, 0) is 0 Å². The summed E-state index contributed by atoms with van der Waals surface area (Å²) in [5.41, 5.74) is 0.560. The highest BCUT2D eigenvalue weighted by Crippen LogP contribution is 2.41. The minimum atomic E-state index is 0.560. The van der Waals surface area contributed by atoms with Gasteiger partial charge in [0.1, 0.15) is 0 Å². The second-order valence-corrected chi connectivity index (χ2v) is 5.07. The molecule has 0 heterocycles. The summed E-state index contributed by atoms with van der Waals surface area (Å²) >= 11 is 0. The van der Waals surface area contributed by atoms with Crippen molar-refractivity contribution in [3.05, 3.63) is 0 Å². The van der Waals surface area contributed by atoms with Gasteiger partial charge in [0.2, 0.25) is 0 Å². The first-order valence-electron chi connectivity index (χ1n) is 6.99. The van der Waals surface area contributed by atoms with Gasteiger partial charge < -0.3 is 0 Å². The summed E-state index contributed by atoms with van der Waals surface area (Å²) < 4.78 is 0. The van der Waals surface area contributed by atoms with E-state index in [1.807, 2.05) is 13.8 Å². The number of hydrogen-bond acceptors (Lipinski definition) is 0. The van der Waals surface area contributed by atoms with Gasteiger partial charge in [-0.3, -0.25) is 0 Å². The van der Waals surface area contributed by atoms with Crippen molar-refractivity contribution in [2.45, 2.75) is 81.1 Å². The molecule has 0 saturated carbocycles. The fourth-order valence-electron chi connectivity index (χ4n) is 2.13. The lowest BCUT2D eigenvalue weighted by Crippen LogP contribution is -2.30. The van der Waals surface area contributed by atoms with E-state index in [4.69, 9.17) is 0 Å². The lowest BCUT2D eigenvalue weighted by atomic mass is 9.66. The normalized spacial score (nSPS) is 16.6. The van der Waals surface area contributed by atoms with Gasteiger partial charge in [-0.05, 0) is 23.7 Å². The van der Waals surface area contributed by atoms with Gasteiger partial charge in [-0.1, -0.05) is 74.7 Å². The molecule has 0 bridgehead atoms. The fourth-order valence-corrected chi connectivity index (χ4v) is 2.13. The quantitative estimate of drug-likeness (QED) is 0.515. The lowest BCUT2D eigenvalue weighted by molar-refractivity contribution is 0.105. The SMILES string of the molecule is CC.CCCCC(C)(C(C)C)C(C)CC. The van der Waals surface area contributed by atoms with E-state index in [0.717, 1.165) is 11.8 Å². The van der Waals surface area contributed by atoms with Crippen LogP contribution in [0.5, 0.6) is 0 Å². The summed E-state index contributed by atoms with van der Waals surface area (Å²) in [4.78, 5) is 0. The molecule has 0 spiro atoms. The summed E-state index contributed by atoms with van der Waals surface area (Å²) in [7, 11) is 0. The smallest absolute Gasteiger partial charge is 0.0277 e. The third-order valence-electron chi connectivity index (χ3n) is 4.13. The van der Waals surface area contributed by atoms with Crippen LogP contribution in [0.2, 0.25) is 0 Å². The number of hydrogen-bond donors (Lipinski definition) is 0. The average Bonchev–Trinajstić information content (AvgIpc) is 2.27. The Balaban J connectivity index is 0. The standard InChI is InChI=1S/C13H28.C2H6/c1-7-9-10-13(6,11(3)4)12(5)8-2;1-2/h11-12H,7-10H2,1-6H3;1-2H3. The van der Waals surface area contributed by atoms with Crippen LogP contribution in [0.25, 0.3) is 0 Å². The van der Waals surface area contributed by atoms with Gasteiger partial charge in [-0.2, -0.15) is 0 Å². The van der Waals surface area contributed by atoms with Crippen LogP contribution in [0.1, 0.15) is 81.1 Å². The molecule has 0 amide bonds. The maximum absolute atomic E-state index is 2.47. The predicted octanol–water partition coefficient (Wildman–Crippen LogP) is 5.91. The molecule has 94 valence electrons. The van der Waals surface area contributed by atoms with Crippen molar-refractivity contribution in [3.8, 4) is 0 Å². The monoisotopic (exact) mass is 214 g/mol. The van der Waals surface area contributed by atoms with Gasteiger partial charge in [0.15, 0.2) is 0 Å². The molecule has 0 N–H and O–H groups in total. The summed E-state index contributed by atoms with van der Waals surface area (Å²) in [5, 5.41) is 0. The Kier molecular flexibility index (Phi) is 10.7. The van der Waals surface area contributed by atoms with Crippen LogP contribution >= 0.6 is 0 Å². The summed E-state index contributed by atoms with van der Waals surface area (Å²) in [6, 6.07) is 0. The first-order valence-corrected chi connectivity index (χ1v) is 6.99. The van der Waals surface area contributed by atoms with E-state index in [0.29, 0.717) is 5.41 Å². The van der Waals surface area contributed by atoms with Crippen molar-refractivity contribution in [3.63, 3.8) is 0 Å². The second kappa shape index (κ2) is 9.24. The van der Waals surface area contributed by atoms with Crippen LogP contribution in [-0.4, -0.2) is 0 Å². The molecule has 0 heteroatoms. The molecule has 0 aromatic carbocycles. The highest BCUT2D eigenvalue weighted by Gasteiger charge is 2.32. The molecule has 0 rings (SSSR count). The van der Waals surface area contributed by atoms with E-state index >= 15 is 0 Å². The Labute approximate surface area is 98.9 Å². The molecule has 15 heavy (non-hydrogen) atoms. The molecule has 2 unspecified atom stereocenters. The zero-order valence-electron chi connectivity index (χ0n) is 12.5. The molecule has 0 fully saturated rings. The predicted molar refractivity (Wildman–Crippen MR) is 73.3 cm³/mol. The van der Waals surface area contributed by atoms with E-state index in [2.05, 4.69) is 41.5 Å². The second-order valence-electron chi connectivity index (χ2n) is 5.07. The molecule has 0 aliphatic heterocycles. The van der Waals surface area contributed by atoms with E-state index in [9.17, 15) is 0 Å². The third-order valence-corrected chi connectivity index (χ3v) is 4.13. The Morgan fingerprint density at radius 1 is 1.00 bits per heavy atom. The van der Waals surface area contributed by atoms with Gasteiger partial charge in [0, 0.05) is 0 Å². The van der Waals surface area contributed by atoms with Gasteiger partial charge in [0.05, 0.1) is 0 Å². The van der Waals surface area contributed by atoms with Gasteiger partial charge in [-0.25, -0.2) is 0 Å². The minimum absolute atomic E-state index is 0.560. The maximum Gasteiger partial charge on any atom is -0.0277 e. The van der Waals surface area contributed by atoms with Crippen LogP contribution < -0.4 is 0 Å². The van der Waals surface area contributed by atoms with E-state index in [1.54, 1.807) is 0 Å². The Morgan fingerprint density at radius 2 is 1.47 bits per heavy atom. The average molecular weight is 214 g/mol. The van der Waals surface area contributed by atoms with Crippen molar-refractivity contribution in [2.75, 3.05) is 0 Å². The third kappa shape index (κ3) is 5.58. The van der Waals surface area contributed by atoms with Crippen LogP contribution in [0, 0.1) is 17.3 Å². The zero-order chi connectivity index (χ0) is 12.5. The molecule has 0 aliphatic rings. The van der Waals surface area contributed by atoms with E-state index < -0.39 is 0 Å². The Morgan fingerprint density at radius 3 is 1.73 bits per heavy atom. The summed E-state index contributed by atoms with van der Waals surface area (Å²) in [5.74, 6) is 1.67. The highest BCUT2D eigenvalue weighted by molar-refractivity contribution is 4.82. The summed E-state index contributed by atoms with van der Waals surface area (Å²) in [6.07, 6.45) is 5.44. The molecule has 0 aliphatic carbocycles. The van der Waals surface area contributed by atoms with Crippen molar-refractivity contribution in [1.29, 1.82) is 0 Å². The molecule has 0 saturated heterocycles. The number of rotatable bonds is 6. The molecule has 0 aromatic rings. The van der Waals surface area contributed by atoms with Gasteiger partial charge >= 0.3 is 0 Å². The molecule has 0 aromatic heterocycles. The summed E-state index contributed by atoms with van der Waals surface area (Å²) in [6.45, 7) is 18.2. The topological polar surface area (TPSA) is 0 Å². The van der Waals surface area contributed by atoms with E-state index in [-0.39, 0.29) is 0 Å². The van der Waals surface area contributed by atoms with Gasteiger partial charge in [0.25, 0.3) is 0 Å². The van der Waals surface area contributed by atoms with E-state index in [1.165, 1.54) is 25.7 Å². The van der Waals surface area contributed by atoms with Crippen LogP contribution in [0.3, 0.4) is 0 Å². The first kappa shape index (κ1) is 17.4. The molecular formula is C15H34. The highest BCUT2D eigenvalue weighted by atomic mass is 14.4. The first-order chi connectivity index (χ1) is 6.99. The Bertz CT molecular complexity index is 126. The molecule has 0 radical (unpaired) electrons. The van der Waals surface area contributed by atoms with Crippen molar-refractivity contribution in [2.24, 2.45) is 17.3 Å². The van der Waals surface area contributed by atoms with Gasteiger partial charge in [-0.15, -0.1) is 0 Å². The van der Waals surface area contributed by atoms with Crippen molar-refractivity contribution < 1.29 is 0 Å². The van der Waals surface area contributed by atoms with Crippen LogP contribution in [0.4, 0.5) is 0 Å². The maximum atomic E-state index is 2.47. The molecule has 2 atom stereocenters. The van der Waals surface area contributed by atoms with Crippen molar-refractivity contribution in [1.82, 2.24) is 0 Å². The lowest BCUT2D eigenvalue weighted by Gasteiger charge is -2.39. The van der Waals surface area contributed by atoms with Crippen molar-refractivity contribution >= 4 is 0 Å². The molecule has 0 nitrogen and oxygen atoms in total.